The number of aromatic nitrogens is 8. The summed E-state index contributed by atoms with van der Waals surface area (Å²) in [6.45, 7) is 5.63. The van der Waals surface area contributed by atoms with E-state index in [-0.39, 0.29) is 58.4 Å². The Kier molecular flexibility index (Phi) is 10.7. The van der Waals surface area contributed by atoms with Crippen LogP contribution in [0, 0.1) is 0 Å². The number of nitrogens with one attached hydrogen (secondary N) is 3. The molecule has 0 aliphatic rings. The molecule has 4 aromatic heterocycles. The molecule has 0 aliphatic carbocycles. The Morgan fingerprint density at radius 2 is 1.64 bits per heavy atom. The molecule has 0 radical (unpaired) electrons. The fourth-order valence-corrected chi connectivity index (χ4v) is 5.77. The van der Waals surface area contributed by atoms with Gasteiger partial charge in [-0.15, -0.1) is 10.2 Å². The van der Waals surface area contributed by atoms with Crippen LogP contribution >= 0.6 is 0 Å². The standard InChI is InChI=1S/C35H34N10O7S/c1-35(2,3)23-12-14-24(15-13-23)53(47,48)43-32-29(52-27-10-6-5-9-26(27)49-4)33(50-19-20-51-34(46)38-28-11-7-8-17-37-28)40-30(39-32)22-16-18-36-25(21-22)31-41-44-45-42-31/h5-18,21H,19-20H2,1-4H3,(H,37,38,46)(H,39,40,43)(H,41,42,44,45). The van der Waals surface area contributed by atoms with Gasteiger partial charge in [0.1, 0.15) is 24.7 Å². The number of aromatic amines is 1. The van der Waals surface area contributed by atoms with Crippen LogP contribution in [0.1, 0.15) is 26.3 Å². The monoisotopic (exact) mass is 738 g/mol. The van der Waals surface area contributed by atoms with Crippen molar-refractivity contribution in [2.75, 3.05) is 30.4 Å². The van der Waals surface area contributed by atoms with Crippen LogP contribution in [0.25, 0.3) is 22.9 Å². The number of rotatable bonds is 13. The van der Waals surface area contributed by atoms with Crippen LogP contribution in [0.4, 0.5) is 16.4 Å². The zero-order valence-electron chi connectivity index (χ0n) is 29.0. The van der Waals surface area contributed by atoms with E-state index in [1.54, 1.807) is 66.7 Å². The first-order chi connectivity index (χ1) is 25.5. The van der Waals surface area contributed by atoms with Crippen LogP contribution in [0.15, 0.2) is 96.2 Å². The molecule has 272 valence electrons. The number of benzene rings is 2. The third-order valence-electron chi connectivity index (χ3n) is 7.42. The number of carbonyl (C=O) groups is 1. The number of nitrogens with zero attached hydrogens (tertiary/aromatic N) is 7. The molecule has 53 heavy (non-hydrogen) atoms. The lowest BCUT2D eigenvalue weighted by molar-refractivity contribution is 0.135. The van der Waals surface area contributed by atoms with Gasteiger partial charge in [-0.2, -0.15) is 10.2 Å². The highest BCUT2D eigenvalue weighted by atomic mass is 32.2. The average Bonchev–Trinajstić information content (AvgIpc) is 3.70. The minimum Gasteiger partial charge on any atom is -0.493 e. The van der Waals surface area contributed by atoms with Gasteiger partial charge >= 0.3 is 6.09 Å². The molecule has 4 heterocycles. The van der Waals surface area contributed by atoms with Crippen molar-refractivity contribution < 1.29 is 32.2 Å². The number of hydrogen-bond donors (Lipinski definition) is 3. The van der Waals surface area contributed by atoms with Gasteiger partial charge in [-0.25, -0.2) is 23.2 Å². The largest absolute Gasteiger partial charge is 0.493 e. The minimum absolute atomic E-state index is 0.0213. The molecule has 17 nitrogen and oxygen atoms in total. The second-order valence-electron chi connectivity index (χ2n) is 12.2. The number of methoxy groups -OCH3 is 1. The number of hydrogen-bond acceptors (Lipinski definition) is 14. The van der Waals surface area contributed by atoms with Crippen molar-refractivity contribution in [1.82, 2.24) is 40.6 Å². The van der Waals surface area contributed by atoms with E-state index >= 15 is 0 Å². The van der Waals surface area contributed by atoms with E-state index in [0.717, 1.165) is 5.56 Å². The maximum absolute atomic E-state index is 13.9. The Morgan fingerprint density at radius 1 is 0.868 bits per heavy atom. The fourth-order valence-electron chi connectivity index (χ4n) is 4.76. The van der Waals surface area contributed by atoms with E-state index in [9.17, 15) is 13.2 Å². The highest BCUT2D eigenvalue weighted by molar-refractivity contribution is 7.92. The number of sulfonamides is 1. The second kappa shape index (κ2) is 15.7. The van der Waals surface area contributed by atoms with Crippen LogP contribution < -0.4 is 24.2 Å². The van der Waals surface area contributed by atoms with Crippen LogP contribution in [-0.4, -0.2) is 75.4 Å². The molecule has 18 heteroatoms. The van der Waals surface area contributed by atoms with Gasteiger partial charge in [0.2, 0.25) is 11.6 Å². The topological polar surface area (TPSA) is 218 Å². The summed E-state index contributed by atoms with van der Waals surface area (Å²) >= 11 is 0. The zero-order valence-corrected chi connectivity index (χ0v) is 29.8. The maximum atomic E-state index is 13.9. The molecule has 1 amide bonds. The third kappa shape index (κ3) is 8.98. The van der Waals surface area contributed by atoms with Crippen molar-refractivity contribution in [2.24, 2.45) is 0 Å². The lowest BCUT2D eigenvalue weighted by Crippen LogP contribution is -2.19. The molecule has 0 atom stereocenters. The SMILES string of the molecule is COc1ccccc1Oc1c(NS(=O)(=O)c2ccc(C(C)(C)C)cc2)nc(-c2ccnc(-c3nn[nH]n3)c2)nc1OCCOC(=O)Nc1ccccn1. The Balaban J connectivity index is 1.40. The van der Waals surface area contributed by atoms with E-state index in [4.69, 9.17) is 18.9 Å². The van der Waals surface area contributed by atoms with Crippen LogP contribution in [0.5, 0.6) is 23.1 Å². The zero-order chi connectivity index (χ0) is 37.4. The van der Waals surface area contributed by atoms with Gasteiger partial charge in [-0.05, 0) is 64.7 Å². The number of carbonyl (C=O) groups excluding carboxylic acids is 1. The number of anilines is 2. The molecule has 6 aromatic rings. The molecular weight excluding hydrogens is 705 g/mol. The van der Waals surface area contributed by atoms with Gasteiger partial charge in [0.05, 0.1) is 12.0 Å². The fraction of sp³-hybridized carbons (Fsp3) is 0.200. The van der Waals surface area contributed by atoms with Crippen molar-refractivity contribution in [2.45, 2.75) is 31.1 Å². The molecule has 2 aromatic carbocycles. The van der Waals surface area contributed by atoms with Gasteiger partial charge < -0.3 is 18.9 Å². The second-order valence-corrected chi connectivity index (χ2v) is 13.8. The van der Waals surface area contributed by atoms with E-state index in [1.807, 2.05) is 20.8 Å². The smallest absolute Gasteiger partial charge is 0.412 e. The van der Waals surface area contributed by atoms with Crippen molar-refractivity contribution in [1.29, 1.82) is 0 Å². The molecule has 0 fully saturated rings. The summed E-state index contributed by atoms with van der Waals surface area (Å²) < 4.78 is 53.5. The van der Waals surface area contributed by atoms with Crippen molar-refractivity contribution in [3.05, 3.63) is 96.8 Å². The predicted octanol–water partition coefficient (Wildman–Crippen LogP) is 5.64. The molecule has 6 rings (SSSR count). The molecule has 0 unspecified atom stereocenters. The number of amides is 1. The first kappa shape index (κ1) is 36.1. The third-order valence-corrected chi connectivity index (χ3v) is 8.77. The average molecular weight is 739 g/mol. The predicted molar refractivity (Wildman–Crippen MR) is 192 cm³/mol. The molecule has 3 N–H and O–H groups in total. The highest BCUT2D eigenvalue weighted by Crippen LogP contribution is 2.42. The number of ether oxygens (including phenoxy) is 4. The van der Waals surface area contributed by atoms with Crippen molar-refractivity contribution in [3.8, 4) is 46.0 Å². The Bertz CT molecular complexity index is 2290. The maximum Gasteiger partial charge on any atom is 0.412 e. The molecule has 0 saturated carbocycles. The molecule has 0 bridgehead atoms. The molecule has 0 saturated heterocycles. The summed E-state index contributed by atoms with van der Waals surface area (Å²) in [6.07, 6.45) is 2.24. The van der Waals surface area contributed by atoms with Gasteiger partial charge in [0.25, 0.3) is 15.9 Å². The van der Waals surface area contributed by atoms with Gasteiger partial charge in [-0.3, -0.25) is 15.0 Å². The van der Waals surface area contributed by atoms with Gasteiger partial charge in [0, 0.05) is 18.0 Å². The molecular formula is C35H34N10O7S. The van der Waals surface area contributed by atoms with Gasteiger partial charge in [-0.1, -0.05) is 51.1 Å². The number of para-hydroxylation sites is 2. The van der Waals surface area contributed by atoms with E-state index in [1.165, 1.54) is 31.6 Å². The normalized spacial score (nSPS) is 11.4. The summed E-state index contributed by atoms with van der Waals surface area (Å²) in [5.41, 5.74) is 1.48. The molecule has 0 spiro atoms. The lowest BCUT2D eigenvalue weighted by Gasteiger charge is -2.20. The number of pyridine rings is 2. The summed E-state index contributed by atoms with van der Waals surface area (Å²) in [5.74, 6) is 0.431. The number of tetrazole rings is 1. The minimum atomic E-state index is -4.27. The highest BCUT2D eigenvalue weighted by Gasteiger charge is 2.26. The van der Waals surface area contributed by atoms with E-state index in [0.29, 0.717) is 22.8 Å². The molecule has 0 aliphatic heterocycles. The first-order valence-corrected chi connectivity index (χ1v) is 17.5. The summed E-state index contributed by atoms with van der Waals surface area (Å²) in [5, 5.41) is 16.4. The summed E-state index contributed by atoms with van der Waals surface area (Å²) in [4.78, 5) is 29.9. The Morgan fingerprint density at radius 3 is 2.34 bits per heavy atom. The summed E-state index contributed by atoms with van der Waals surface area (Å²) in [6, 6.07) is 21.5. The first-order valence-electron chi connectivity index (χ1n) is 16.0. The Labute approximate surface area is 304 Å². The summed E-state index contributed by atoms with van der Waals surface area (Å²) in [7, 11) is -2.81. The van der Waals surface area contributed by atoms with E-state index in [2.05, 4.69) is 50.6 Å². The van der Waals surface area contributed by atoms with Crippen LogP contribution in [0.2, 0.25) is 0 Å². The van der Waals surface area contributed by atoms with Crippen LogP contribution in [-0.2, 0) is 20.2 Å². The van der Waals surface area contributed by atoms with Crippen molar-refractivity contribution in [3.63, 3.8) is 0 Å². The van der Waals surface area contributed by atoms with Gasteiger partial charge in [0.15, 0.2) is 23.1 Å². The van der Waals surface area contributed by atoms with E-state index < -0.39 is 16.1 Å². The van der Waals surface area contributed by atoms with Crippen molar-refractivity contribution >= 4 is 27.8 Å². The lowest BCUT2D eigenvalue weighted by atomic mass is 9.87. The number of H-pyrrole nitrogens is 1. The van der Waals surface area contributed by atoms with Crippen LogP contribution in [0.3, 0.4) is 0 Å². The Hall–Kier alpha value is -6.69. The quantitative estimate of drug-likeness (QED) is 0.122.